The van der Waals surface area contributed by atoms with Gasteiger partial charge in [0.05, 0.1) is 6.04 Å². The summed E-state index contributed by atoms with van der Waals surface area (Å²) in [5.74, 6) is 0.0512. The molecule has 0 spiro atoms. The van der Waals surface area contributed by atoms with E-state index < -0.39 is 0 Å². The first-order chi connectivity index (χ1) is 10.6. The number of aromatic nitrogens is 2. The van der Waals surface area contributed by atoms with Gasteiger partial charge in [-0.15, -0.1) is 11.3 Å². The minimum Gasteiger partial charge on any atom is -0.344 e. The van der Waals surface area contributed by atoms with E-state index in [0.717, 1.165) is 18.4 Å². The molecule has 7 heteroatoms. The molecule has 1 fully saturated rings. The fourth-order valence-electron chi connectivity index (χ4n) is 2.27. The summed E-state index contributed by atoms with van der Waals surface area (Å²) in [7, 11) is 0. The average molecular weight is 316 g/mol. The van der Waals surface area contributed by atoms with E-state index in [0.29, 0.717) is 16.7 Å². The van der Waals surface area contributed by atoms with Crippen LogP contribution >= 0.6 is 11.3 Å². The minimum atomic E-state index is -0.221. The van der Waals surface area contributed by atoms with E-state index in [1.54, 1.807) is 17.8 Å². The fourth-order valence-corrected chi connectivity index (χ4v) is 3.01. The molecule has 0 bridgehead atoms. The monoisotopic (exact) mass is 316 g/mol. The van der Waals surface area contributed by atoms with Crippen molar-refractivity contribution in [2.24, 2.45) is 5.92 Å². The summed E-state index contributed by atoms with van der Waals surface area (Å²) >= 11 is 1.24. The van der Waals surface area contributed by atoms with E-state index >= 15 is 0 Å². The molecule has 0 radical (unpaired) electrons. The largest absolute Gasteiger partial charge is 0.344 e. The third-order valence-corrected chi connectivity index (χ3v) is 4.22. The van der Waals surface area contributed by atoms with Crippen molar-refractivity contribution in [2.75, 3.05) is 5.32 Å². The van der Waals surface area contributed by atoms with Gasteiger partial charge < -0.3 is 10.6 Å². The molecular formula is C15H16N4O2S. The molecule has 0 aromatic carbocycles. The number of nitrogens with zero attached hydrogens (tertiary/aromatic N) is 2. The van der Waals surface area contributed by atoms with Crippen LogP contribution in [0.5, 0.6) is 0 Å². The highest BCUT2D eigenvalue weighted by molar-refractivity contribution is 7.14. The molecule has 0 aliphatic heterocycles. The van der Waals surface area contributed by atoms with Crippen molar-refractivity contribution in [3.8, 4) is 0 Å². The Labute approximate surface area is 132 Å². The van der Waals surface area contributed by atoms with Gasteiger partial charge in [-0.25, -0.2) is 4.98 Å². The summed E-state index contributed by atoms with van der Waals surface area (Å²) in [5, 5.41) is 7.71. The van der Waals surface area contributed by atoms with Crippen molar-refractivity contribution in [2.45, 2.75) is 25.8 Å². The predicted octanol–water partition coefficient (Wildman–Crippen LogP) is 2.38. The number of nitrogens with one attached hydrogen (secondary N) is 2. The molecule has 1 aliphatic carbocycles. The van der Waals surface area contributed by atoms with E-state index in [1.165, 1.54) is 18.3 Å². The molecule has 114 valence electrons. The van der Waals surface area contributed by atoms with Crippen LogP contribution in [0.1, 0.15) is 41.9 Å². The molecule has 1 unspecified atom stereocenters. The van der Waals surface area contributed by atoms with Crippen LogP contribution in [-0.4, -0.2) is 21.8 Å². The lowest BCUT2D eigenvalue weighted by Gasteiger charge is -2.17. The standard InChI is InChI=1S/C15H16N4O2S/c1-9(20)17-15-18-12(8-22-15)14(21)19-13(10-2-3-10)11-4-6-16-7-5-11/h4-8,10,13H,2-3H2,1H3,(H,19,21)(H,17,18,20). The zero-order valence-electron chi connectivity index (χ0n) is 12.1. The molecule has 2 aromatic rings. The summed E-state index contributed by atoms with van der Waals surface area (Å²) in [6, 6.07) is 3.83. The van der Waals surface area contributed by atoms with Crippen molar-refractivity contribution >= 4 is 28.3 Å². The number of carbonyl (C=O) groups is 2. The predicted molar refractivity (Wildman–Crippen MR) is 83.6 cm³/mol. The lowest BCUT2D eigenvalue weighted by Crippen LogP contribution is -2.30. The molecule has 1 saturated carbocycles. The number of hydrogen-bond donors (Lipinski definition) is 2. The number of carbonyl (C=O) groups excluding carboxylic acids is 2. The molecular weight excluding hydrogens is 300 g/mol. The molecule has 2 amide bonds. The van der Waals surface area contributed by atoms with Crippen molar-refractivity contribution in [3.05, 3.63) is 41.2 Å². The second kappa shape index (κ2) is 6.23. The highest BCUT2D eigenvalue weighted by Crippen LogP contribution is 2.41. The van der Waals surface area contributed by atoms with Crippen LogP contribution in [0.3, 0.4) is 0 Å². The van der Waals surface area contributed by atoms with E-state index in [-0.39, 0.29) is 17.9 Å². The van der Waals surface area contributed by atoms with Gasteiger partial charge in [0.1, 0.15) is 5.69 Å². The summed E-state index contributed by atoms with van der Waals surface area (Å²) < 4.78 is 0. The lowest BCUT2D eigenvalue weighted by atomic mass is 10.0. The van der Waals surface area contributed by atoms with Crippen LogP contribution in [0.15, 0.2) is 29.9 Å². The van der Waals surface area contributed by atoms with E-state index in [2.05, 4.69) is 20.6 Å². The van der Waals surface area contributed by atoms with Crippen molar-refractivity contribution < 1.29 is 9.59 Å². The molecule has 0 saturated heterocycles. The maximum Gasteiger partial charge on any atom is 0.271 e. The van der Waals surface area contributed by atoms with Crippen LogP contribution in [0, 0.1) is 5.92 Å². The smallest absolute Gasteiger partial charge is 0.271 e. The fraction of sp³-hybridized carbons (Fsp3) is 0.333. The molecule has 22 heavy (non-hydrogen) atoms. The van der Waals surface area contributed by atoms with Gasteiger partial charge in [0, 0.05) is 24.7 Å². The molecule has 2 aromatic heterocycles. The zero-order valence-corrected chi connectivity index (χ0v) is 12.9. The molecule has 2 heterocycles. The Kier molecular flexibility index (Phi) is 4.15. The average Bonchev–Trinajstić information content (AvgIpc) is 3.24. The number of anilines is 1. The number of pyridine rings is 1. The summed E-state index contributed by atoms with van der Waals surface area (Å²) in [6.45, 7) is 1.41. The van der Waals surface area contributed by atoms with Crippen LogP contribution < -0.4 is 10.6 Å². The van der Waals surface area contributed by atoms with Crippen LogP contribution in [-0.2, 0) is 4.79 Å². The first-order valence-electron chi connectivity index (χ1n) is 7.07. The minimum absolute atomic E-state index is 0.0126. The number of hydrogen-bond acceptors (Lipinski definition) is 5. The van der Waals surface area contributed by atoms with Crippen molar-refractivity contribution in [1.29, 1.82) is 0 Å². The Morgan fingerprint density at radius 1 is 1.32 bits per heavy atom. The van der Waals surface area contributed by atoms with Gasteiger partial charge in [0.25, 0.3) is 5.91 Å². The van der Waals surface area contributed by atoms with Gasteiger partial charge in [0.15, 0.2) is 5.13 Å². The van der Waals surface area contributed by atoms with Crippen LogP contribution in [0.4, 0.5) is 5.13 Å². The Morgan fingerprint density at radius 2 is 2.05 bits per heavy atom. The quantitative estimate of drug-likeness (QED) is 0.887. The SMILES string of the molecule is CC(=O)Nc1nc(C(=O)NC(c2ccncc2)C2CC2)cs1. The molecule has 1 aliphatic rings. The van der Waals surface area contributed by atoms with E-state index in [1.807, 2.05) is 12.1 Å². The van der Waals surface area contributed by atoms with Gasteiger partial charge in [-0.1, -0.05) is 0 Å². The van der Waals surface area contributed by atoms with E-state index in [9.17, 15) is 9.59 Å². The number of rotatable bonds is 5. The second-order valence-corrected chi connectivity index (χ2v) is 6.15. The van der Waals surface area contributed by atoms with Gasteiger partial charge in [-0.3, -0.25) is 14.6 Å². The lowest BCUT2D eigenvalue weighted by molar-refractivity contribution is -0.114. The normalized spacial score (nSPS) is 15.1. The van der Waals surface area contributed by atoms with Crippen LogP contribution in [0.25, 0.3) is 0 Å². The molecule has 6 nitrogen and oxygen atoms in total. The first kappa shape index (κ1) is 14.6. The molecule has 2 N–H and O–H groups in total. The van der Waals surface area contributed by atoms with Gasteiger partial charge in [0.2, 0.25) is 5.91 Å². The maximum atomic E-state index is 12.4. The Bertz CT molecular complexity index is 682. The topological polar surface area (TPSA) is 84.0 Å². The Morgan fingerprint density at radius 3 is 2.68 bits per heavy atom. The van der Waals surface area contributed by atoms with Gasteiger partial charge in [-0.2, -0.15) is 0 Å². The summed E-state index contributed by atoms with van der Waals surface area (Å²) in [4.78, 5) is 31.5. The van der Waals surface area contributed by atoms with Gasteiger partial charge in [-0.05, 0) is 36.5 Å². The zero-order chi connectivity index (χ0) is 15.5. The maximum absolute atomic E-state index is 12.4. The first-order valence-corrected chi connectivity index (χ1v) is 7.95. The number of amides is 2. The third-order valence-electron chi connectivity index (χ3n) is 3.47. The highest BCUT2D eigenvalue weighted by Gasteiger charge is 2.33. The molecule has 3 rings (SSSR count). The van der Waals surface area contributed by atoms with Crippen LogP contribution in [0.2, 0.25) is 0 Å². The Balaban J connectivity index is 1.71. The van der Waals surface area contributed by atoms with Crippen molar-refractivity contribution in [1.82, 2.24) is 15.3 Å². The van der Waals surface area contributed by atoms with Crippen molar-refractivity contribution in [3.63, 3.8) is 0 Å². The summed E-state index contributed by atoms with van der Waals surface area (Å²) in [6.07, 6.45) is 5.69. The third kappa shape index (κ3) is 3.48. The Hall–Kier alpha value is -2.28. The second-order valence-electron chi connectivity index (χ2n) is 5.29. The molecule has 1 atom stereocenters. The van der Waals surface area contributed by atoms with Gasteiger partial charge >= 0.3 is 0 Å². The highest BCUT2D eigenvalue weighted by atomic mass is 32.1. The summed E-state index contributed by atoms with van der Waals surface area (Å²) in [5.41, 5.74) is 1.39. The van der Waals surface area contributed by atoms with E-state index in [4.69, 9.17) is 0 Å². The number of thiazole rings is 1.